The summed E-state index contributed by atoms with van der Waals surface area (Å²) < 4.78 is 4.55. The molecule has 1 aromatic rings. The number of nitrogens with zero attached hydrogens (tertiary/aromatic N) is 2. The third-order valence-electron chi connectivity index (χ3n) is 3.04. The number of hydrogen-bond donors (Lipinski definition) is 1. The Morgan fingerprint density at radius 1 is 1.59 bits per heavy atom. The molecule has 6 nitrogen and oxygen atoms in total. The second-order valence-corrected chi connectivity index (χ2v) is 4.36. The number of aromatic nitrogens is 1. The van der Waals surface area contributed by atoms with Crippen molar-refractivity contribution in [2.24, 2.45) is 5.92 Å². The number of carboxylic acids is 1. The van der Waals surface area contributed by atoms with Crippen LogP contribution in [0.1, 0.15) is 40.3 Å². The number of hydrogen-bond acceptors (Lipinski definition) is 4. The van der Waals surface area contributed by atoms with Crippen LogP contribution in [0.15, 0.2) is 10.6 Å². The number of rotatable bonds is 4. The smallest absolute Gasteiger partial charge is 0.374 e. The minimum Gasteiger partial charge on any atom is -0.475 e. The van der Waals surface area contributed by atoms with E-state index in [4.69, 9.17) is 5.11 Å². The molecule has 1 aliphatic carbocycles. The summed E-state index contributed by atoms with van der Waals surface area (Å²) in [6.07, 6.45) is 3.52. The second-order valence-electron chi connectivity index (χ2n) is 4.36. The summed E-state index contributed by atoms with van der Waals surface area (Å²) in [5.41, 5.74) is 0.0456. The zero-order valence-electron chi connectivity index (χ0n) is 9.55. The van der Waals surface area contributed by atoms with Crippen molar-refractivity contribution in [3.63, 3.8) is 0 Å². The molecule has 0 bridgehead atoms. The van der Waals surface area contributed by atoms with Crippen molar-refractivity contribution in [2.75, 3.05) is 13.6 Å². The van der Waals surface area contributed by atoms with Crippen LogP contribution in [0.25, 0.3) is 0 Å². The Kier molecular flexibility index (Phi) is 3.12. The molecule has 6 heteroatoms. The van der Waals surface area contributed by atoms with Crippen LogP contribution < -0.4 is 0 Å². The molecule has 1 N–H and O–H groups in total. The molecule has 0 aliphatic heterocycles. The fraction of sp³-hybridized carbons (Fsp3) is 0.545. The molecular formula is C11H14N2O4. The van der Waals surface area contributed by atoms with Crippen molar-refractivity contribution in [3.8, 4) is 0 Å². The molecule has 1 fully saturated rings. The Bertz CT molecular complexity index is 436. The molecule has 1 aliphatic rings. The standard InChI is InChI=1S/C11H14N2O4/c1-13(6-7-3-2-4-7)10(14)8-5-9(11(15)16)17-12-8/h5,7H,2-4,6H2,1H3,(H,15,16). The lowest BCUT2D eigenvalue weighted by Gasteiger charge is -2.29. The average molecular weight is 238 g/mol. The van der Waals surface area contributed by atoms with Gasteiger partial charge in [-0.05, 0) is 18.8 Å². The van der Waals surface area contributed by atoms with Crippen LogP contribution in [0, 0.1) is 5.92 Å². The van der Waals surface area contributed by atoms with Gasteiger partial charge < -0.3 is 14.5 Å². The Morgan fingerprint density at radius 2 is 2.29 bits per heavy atom. The SMILES string of the molecule is CN(CC1CCC1)C(=O)c1cc(C(=O)O)on1. The maximum absolute atomic E-state index is 11.9. The summed E-state index contributed by atoms with van der Waals surface area (Å²) in [5.74, 6) is -1.27. The third-order valence-corrected chi connectivity index (χ3v) is 3.04. The highest BCUT2D eigenvalue weighted by Crippen LogP contribution is 2.27. The predicted molar refractivity (Wildman–Crippen MR) is 57.8 cm³/mol. The third kappa shape index (κ3) is 2.46. The van der Waals surface area contributed by atoms with E-state index in [1.54, 1.807) is 11.9 Å². The number of amides is 1. The van der Waals surface area contributed by atoms with Gasteiger partial charge in [-0.1, -0.05) is 11.6 Å². The van der Waals surface area contributed by atoms with E-state index < -0.39 is 5.97 Å². The van der Waals surface area contributed by atoms with E-state index in [1.165, 1.54) is 6.42 Å². The van der Waals surface area contributed by atoms with Gasteiger partial charge in [0.05, 0.1) is 0 Å². The molecule has 92 valence electrons. The van der Waals surface area contributed by atoms with E-state index >= 15 is 0 Å². The Morgan fingerprint density at radius 3 is 2.76 bits per heavy atom. The molecular weight excluding hydrogens is 224 g/mol. The van der Waals surface area contributed by atoms with Gasteiger partial charge in [-0.2, -0.15) is 0 Å². The molecule has 0 atom stereocenters. The molecule has 0 spiro atoms. The molecule has 0 radical (unpaired) electrons. The molecule has 0 unspecified atom stereocenters. The van der Waals surface area contributed by atoms with Crippen LogP contribution in [0.2, 0.25) is 0 Å². The van der Waals surface area contributed by atoms with Crippen molar-refractivity contribution in [1.29, 1.82) is 0 Å². The highest BCUT2D eigenvalue weighted by atomic mass is 16.5. The van der Waals surface area contributed by atoms with Gasteiger partial charge in [-0.25, -0.2) is 4.79 Å². The van der Waals surface area contributed by atoms with E-state index in [1.807, 2.05) is 0 Å². The van der Waals surface area contributed by atoms with E-state index in [-0.39, 0.29) is 17.4 Å². The van der Waals surface area contributed by atoms with Crippen LogP contribution in [0.3, 0.4) is 0 Å². The lowest BCUT2D eigenvalue weighted by molar-refractivity contribution is 0.0648. The Balaban J connectivity index is 1.99. The number of carboxylic acid groups (broad SMARTS) is 1. The summed E-state index contributed by atoms with van der Waals surface area (Å²) in [4.78, 5) is 24.0. The van der Waals surface area contributed by atoms with Crippen LogP contribution in [-0.4, -0.2) is 40.6 Å². The van der Waals surface area contributed by atoms with Gasteiger partial charge >= 0.3 is 5.97 Å². The first-order valence-electron chi connectivity index (χ1n) is 5.53. The largest absolute Gasteiger partial charge is 0.475 e. The lowest BCUT2D eigenvalue weighted by atomic mass is 9.85. The monoisotopic (exact) mass is 238 g/mol. The average Bonchev–Trinajstić information content (AvgIpc) is 2.71. The molecule has 1 saturated carbocycles. The van der Waals surface area contributed by atoms with Gasteiger partial charge in [-0.3, -0.25) is 4.79 Å². The predicted octanol–water partition coefficient (Wildman–Crippen LogP) is 1.24. The minimum absolute atomic E-state index is 0.0456. The fourth-order valence-electron chi connectivity index (χ4n) is 1.82. The quantitative estimate of drug-likeness (QED) is 0.853. The van der Waals surface area contributed by atoms with Crippen molar-refractivity contribution in [3.05, 3.63) is 17.5 Å². The molecule has 0 aromatic carbocycles. The van der Waals surface area contributed by atoms with Crippen molar-refractivity contribution < 1.29 is 19.2 Å². The first-order chi connectivity index (χ1) is 8.08. The van der Waals surface area contributed by atoms with Crippen LogP contribution >= 0.6 is 0 Å². The topological polar surface area (TPSA) is 83.6 Å². The molecule has 1 aromatic heterocycles. The van der Waals surface area contributed by atoms with Crippen LogP contribution in [-0.2, 0) is 0 Å². The van der Waals surface area contributed by atoms with Crippen molar-refractivity contribution in [1.82, 2.24) is 10.1 Å². The van der Waals surface area contributed by atoms with E-state index in [9.17, 15) is 9.59 Å². The number of aromatic carboxylic acids is 1. The van der Waals surface area contributed by atoms with Gasteiger partial charge in [-0.15, -0.1) is 0 Å². The molecule has 0 saturated heterocycles. The maximum Gasteiger partial charge on any atom is 0.374 e. The first kappa shape index (κ1) is 11.6. The van der Waals surface area contributed by atoms with Gasteiger partial charge in [0.15, 0.2) is 5.69 Å². The number of carbonyl (C=O) groups excluding carboxylic acids is 1. The zero-order valence-corrected chi connectivity index (χ0v) is 9.55. The minimum atomic E-state index is -1.22. The van der Waals surface area contributed by atoms with Gasteiger partial charge in [0, 0.05) is 19.7 Å². The van der Waals surface area contributed by atoms with Gasteiger partial charge in [0.25, 0.3) is 5.91 Å². The molecule has 1 amide bonds. The molecule has 1 heterocycles. The highest BCUT2D eigenvalue weighted by molar-refractivity contribution is 5.94. The van der Waals surface area contributed by atoms with E-state index in [0.717, 1.165) is 18.9 Å². The zero-order chi connectivity index (χ0) is 12.4. The summed E-state index contributed by atoms with van der Waals surface area (Å²) in [6.45, 7) is 0.689. The first-order valence-corrected chi connectivity index (χ1v) is 5.53. The van der Waals surface area contributed by atoms with Crippen molar-refractivity contribution in [2.45, 2.75) is 19.3 Å². The summed E-state index contributed by atoms with van der Waals surface area (Å²) in [7, 11) is 1.69. The summed E-state index contributed by atoms with van der Waals surface area (Å²) in [6, 6.07) is 1.15. The van der Waals surface area contributed by atoms with E-state index in [0.29, 0.717) is 12.5 Å². The Labute approximate surface area is 98.2 Å². The highest BCUT2D eigenvalue weighted by Gasteiger charge is 2.24. The lowest BCUT2D eigenvalue weighted by Crippen LogP contribution is -2.34. The fourth-order valence-corrected chi connectivity index (χ4v) is 1.82. The van der Waals surface area contributed by atoms with Gasteiger partial charge in [0.2, 0.25) is 5.76 Å². The normalized spacial score (nSPS) is 15.4. The van der Waals surface area contributed by atoms with E-state index in [2.05, 4.69) is 9.68 Å². The maximum atomic E-state index is 11.9. The van der Waals surface area contributed by atoms with Crippen LogP contribution in [0.4, 0.5) is 0 Å². The molecule has 17 heavy (non-hydrogen) atoms. The number of carbonyl (C=O) groups is 2. The van der Waals surface area contributed by atoms with Crippen molar-refractivity contribution >= 4 is 11.9 Å². The Hall–Kier alpha value is -1.85. The summed E-state index contributed by atoms with van der Waals surface area (Å²) >= 11 is 0. The van der Waals surface area contributed by atoms with Crippen LogP contribution in [0.5, 0.6) is 0 Å². The van der Waals surface area contributed by atoms with Gasteiger partial charge in [0.1, 0.15) is 0 Å². The second kappa shape index (κ2) is 4.57. The summed E-state index contributed by atoms with van der Waals surface area (Å²) in [5, 5.41) is 12.1. The molecule has 2 rings (SSSR count).